The molecule has 1 fully saturated rings. The summed E-state index contributed by atoms with van der Waals surface area (Å²) in [4.78, 5) is 0. The zero-order valence-corrected chi connectivity index (χ0v) is 15.2. The Kier molecular flexibility index (Phi) is 3.38. The number of fused-ring (bicyclic) bond motifs is 5. The van der Waals surface area contributed by atoms with Gasteiger partial charge in [0, 0.05) is 0 Å². The fourth-order valence-electron chi connectivity index (χ4n) is 4.76. The number of benzene rings is 2. The fourth-order valence-corrected chi connectivity index (χ4v) is 4.76. The van der Waals surface area contributed by atoms with E-state index in [-0.39, 0.29) is 6.79 Å². The van der Waals surface area contributed by atoms with Gasteiger partial charge in [0.1, 0.15) is 5.60 Å². The van der Waals surface area contributed by atoms with Crippen molar-refractivity contribution in [2.24, 2.45) is 11.8 Å². The van der Waals surface area contributed by atoms with Crippen molar-refractivity contribution in [3.63, 3.8) is 0 Å². The Hall–Kier alpha value is -2.40. The van der Waals surface area contributed by atoms with Crippen molar-refractivity contribution in [1.29, 1.82) is 0 Å². The molecule has 0 aromatic heterocycles. The minimum Gasteiger partial charge on any atom is -0.493 e. The topological polar surface area (TPSA) is 46.2 Å². The first-order valence-corrected chi connectivity index (χ1v) is 8.97. The Bertz CT molecular complexity index is 877. The highest BCUT2D eigenvalue weighted by molar-refractivity contribution is 5.57. The van der Waals surface area contributed by atoms with Gasteiger partial charge in [-0.3, -0.25) is 0 Å². The van der Waals surface area contributed by atoms with Crippen LogP contribution < -0.4 is 18.9 Å². The summed E-state index contributed by atoms with van der Waals surface area (Å²) in [6.45, 7) is 3.31. The van der Waals surface area contributed by atoms with Gasteiger partial charge in [-0.05, 0) is 59.2 Å². The van der Waals surface area contributed by atoms with E-state index in [0.717, 1.165) is 35.8 Å². The van der Waals surface area contributed by atoms with Crippen LogP contribution in [0.2, 0.25) is 0 Å². The van der Waals surface area contributed by atoms with Crippen LogP contribution in [0.15, 0.2) is 30.3 Å². The molecule has 2 aromatic rings. The van der Waals surface area contributed by atoms with Crippen LogP contribution in [0.5, 0.6) is 23.0 Å². The van der Waals surface area contributed by atoms with E-state index in [1.54, 1.807) is 14.2 Å². The van der Waals surface area contributed by atoms with Gasteiger partial charge < -0.3 is 23.7 Å². The maximum atomic E-state index is 6.53. The summed E-state index contributed by atoms with van der Waals surface area (Å²) in [5.41, 5.74) is 3.04. The van der Waals surface area contributed by atoms with Crippen molar-refractivity contribution < 1.29 is 23.7 Å². The first-order valence-electron chi connectivity index (χ1n) is 8.97. The quantitative estimate of drug-likeness (QED) is 0.844. The van der Waals surface area contributed by atoms with Crippen molar-refractivity contribution in [3.8, 4) is 23.0 Å². The molecule has 2 heterocycles. The Balaban J connectivity index is 1.73. The maximum absolute atomic E-state index is 6.53. The van der Waals surface area contributed by atoms with Crippen molar-refractivity contribution >= 4 is 0 Å². The number of hydrogen-bond acceptors (Lipinski definition) is 5. The van der Waals surface area contributed by atoms with Crippen LogP contribution in [-0.2, 0) is 16.8 Å². The summed E-state index contributed by atoms with van der Waals surface area (Å²) in [5, 5.41) is 0. The molecule has 26 heavy (non-hydrogen) atoms. The summed E-state index contributed by atoms with van der Waals surface area (Å²) in [6, 6.07) is 10.3. The van der Waals surface area contributed by atoms with E-state index < -0.39 is 5.60 Å². The molecule has 3 atom stereocenters. The van der Waals surface area contributed by atoms with Crippen molar-refractivity contribution in [1.82, 2.24) is 0 Å². The first-order chi connectivity index (χ1) is 12.7. The largest absolute Gasteiger partial charge is 0.493 e. The zero-order chi connectivity index (χ0) is 17.9. The molecule has 2 bridgehead atoms. The Morgan fingerprint density at radius 2 is 1.77 bits per heavy atom. The van der Waals surface area contributed by atoms with Crippen LogP contribution in [0.25, 0.3) is 0 Å². The third-order valence-electron chi connectivity index (χ3n) is 6.17. The average molecular weight is 354 g/mol. The molecule has 0 radical (unpaired) electrons. The molecule has 0 unspecified atom stereocenters. The lowest BCUT2D eigenvalue weighted by atomic mass is 9.66. The number of methoxy groups -OCH3 is 2. The summed E-state index contributed by atoms with van der Waals surface area (Å²) in [5.74, 6) is 3.90. The number of rotatable bonds is 3. The van der Waals surface area contributed by atoms with Crippen LogP contribution in [0.1, 0.15) is 23.6 Å². The minimum atomic E-state index is -0.501. The average Bonchev–Trinajstić information content (AvgIpc) is 3.20. The third-order valence-corrected chi connectivity index (χ3v) is 6.17. The van der Waals surface area contributed by atoms with Crippen LogP contribution >= 0.6 is 0 Å². The molecular weight excluding hydrogens is 332 g/mol. The SMILES string of the molecule is COc1ccc([C@]23OC[C@H](Cc4cc5c(cc42)OCO5)[C@@H]3C)cc1OC. The second-order valence-electron chi connectivity index (χ2n) is 7.23. The lowest BCUT2D eigenvalue weighted by molar-refractivity contribution is 0.0133. The lowest BCUT2D eigenvalue weighted by Crippen LogP contribution is -2.38. The second kappa shape index (κ2) is 5.55. The van der Waals surface area contributed by atoms with Gasteiger partial charge in [-0.1, -0.05) is 13.0 Å². The molecule has 1 saturated heterocycles. The van der Waals surface area contributed by atoms with Gasteiger partial charge in [0.05, 0.1) is 20.8 Å². The van der Waals surface area contributed by atoms with E-state index in [1.165, 1.54) is 11.1 Å². The molecule has 2 aromatic carbocycles. The van der Waals surface area contributed by atoms with Gasteiger partial charge in [-0.25, -0.2) is 0 Å². The number of hydrogen-bond donors (Lipinski definition) is 0. The predicted molar refractivity (Wildman–Crippen MR) is 95.2 cm³/mol. The summed E-state index contributed by atoms with van der Waals surface area (Å²) in [7, 11) is 3.31. The van der Waals surface area contributed by atoms with E-state index >= 15 is 0 Å². The fraction of sp³-hybridized carbons (Fsp3) is 0.429. The first kappa shape index (κ1) is 15.8. The van der Waals surface area contributed by atoms with Crippen molar-refractivity contribution in [2.75, 3.05) is 27.6 Å². The van der Waals surface area contributed by atoms with Crippen LogP contribution in [0.3, 0.4) is 0 Å². The van der Waals surface area contributed by atoms with E-state index in [2.05, 4.69) is 25.1 Å². The molecule has 0 amide bonds. The molecule has 0 saturated carbocycles. The summed E-state index contributed by atoms with van der Waals surface area (Å²) in [6.07, 6.45) is 1.00. The standard InChI is InChI=1S/C21H22O5/c1-12-14-6-13-7-19-20(25-11-24-19)9-16(13)21(12,26-10-14)15-4-5-17(22-2)18(8-15)23-3/h4-5,7-9,12,14H,6,10-11H2,1-3H3/t12-,14-,21-/m0/s1. The molecule has 136 valence electrons. The second-order valence-corrected chi connectivity index (χ2v) is 7.23. The Morgan fingerprint density at radius 3 is 2.54 bits per heavy atom. The zero-order valence-electron chi connectivity index (χ0n) is 15.2. The molecule has 3 aliphatic rings. The maximum Gasteiger partial charge on any atom is 0.231 e. The number of ether oxygens (including phenoxy) is 5. The predicted octanol–water partition coefficient (Wildman–Crippen LogP) is 3.51. The van der Waals surface area contributed by atoms with E-state index in [4.69, 9.17) is 23.7 Å². The molecule has 0 N–H and O–H groups in total. The molecule has 0 spiro atoms. The van der Waals surface area contributed by atoms with Gasteiger partial charge in [-0.15, -0.1) is 0 Å². The van der Waals surface area contributed by atoms with E-state index in [0.29, 0.717) is 17.6 Å². The van der Waals surface area contributed by atoms with Crippen molar-refractivity contribution in [2.45, 2.75) is 18.9 Å². The van der Waals surface area contributed by atoms with Gasteiger partial charge in [-0.2, -0.15) is 0 Å². The Morgan fingerprint density at radius 1 is 1.00 bits per heavy atom. The van der Waals surface area contributed by atoms with Crippen LogP contribution in [-0.4, -0.2) is 27.6 Å². The molecular formula is C21H22O5. The summed E-state index contributed by atoms with van der Waals surface area (Å²) >= 11 is 0. The smallest absolute Gasteiger partial charge is 0.231 e. The van der Waals surface area contributed by atoms with Crippen LogP contribution in [0.4, 0.5) is 0 Å². The summed E-state index contributed by atoms with van der Waals surface area (Å²) < 4.78 is 28.7. The third kappa shape index (κ3) is 1.95. The molecule has 5 rings (SSSR count). The van der Waals surface area contributed by atoms with E-state index in [9.17, 15) is 0 Å². The van der Waals surface area contributed by atoms with Gasteiger partial charge in [0.25, 0.3) is 0 Å². The monoisotopic (exact) mass is 354 g/mol. The highest BCUT2D eigenvalue weighted by atomic mass is 16.7. The Labute approximate surface area is 152 Å². The lowest BCUT2D eigenvalue weighted by Gasteiger charge is -2.40. The molecule has 5 heteroatoms. The minimum absolute atomic E-state index is 0.279. The van der Waals surface area contributed by atoms with Crippen molar-refractivity contribution in [3.05, 3.63) is 47.0 Å². The molecule has 5 nitrogen and oxygen atoms in total. The van der Waals surface area contributed by atoms with Gasteiger partial charge >= 0.3 is 0 Å². The van der Waals surface area contributed by atoms with Gasteiger partial charge in [0.15, 0.2) is 23.0 Å². The molecule has 2 aliphatic heterocycles. The highest BCUT2D eigenvalue weighted by Gasteiger charge is 2.54. The van der Waals surface area contributed by atoms with Gasteiger partial charge in [0.2, 0.25) is 6.79 Å². The van der Waals surface area contributed by atoms with E-state index in [1.807, 2.05) is 12.1 Å². The highest BCUT2D eigenvalue weighted by Crippen LogP contribution is 2.57. The molecule has 1 aliphatic carbocycles. The normalized spacial score (nSPS) is 28.0. The van der Waals surface area contributed by atoms with Crippen LogP contribution in [0, 0.1) is 11.8 Å².